The van der Waals surface area contributed by atoms with Gasteiger partial charge in [-0.15, -0.1) is 0 Å². The largest absolute Gasteiger partial charge is 0.503 e. The monoisotopic (exact) mass is 433 g/mol. The van der Waals surface area contributed by atoms with Crippen LogP contribution in [0.5, 0.6) is 5.75 Å². The van der Waals surface area contributed by atoms with E-state index in [0.29, 0.717) is 24.0 Å². The van der Waals surface area contributed by atoms with E-state index in [4.69, 9.17) is 0 Å². The molecule has 7 nitrogen and oxygen atoms in total. The average molecular weight is 433 g/mol. The summed E-state index contributed by atoms with van der Waals surface area (Å²) in [5.41, 5.74) is -2.22. The normalized spacial score (nSPS) is 25.7. The second-order valence-electron chi connectivity index (χ2n) is 8.38. The van der Waals surface area contributed by atoms with E-state index in [0.717, 1.165) is 12.8 Å². The van der Waals surface area contributed by atoms with Crippen molar-refractivity contribution in [3.63, 3.8) is 0 Å². The fourth-order valence-corrected chi connectivity index (χ4v) is 5.08. The molecule has 3 aliphatic rings. The van der Waals surface area contributed by atoms with Gasteiger partial charge in [0.15, 0.2) is 11.4 Å². The van der Waals surface area contributed by atoms with Crippen molar-refractivity contribution in [2.24, 2.45) is 11.8 Å². The maximum Gasteiger partial charge on any atom is 0.274 e. The zero-order valence-corrected chi connectivity index (χ0v) is 16.4. The minimum Gasteiger partial charge on any atom is -0.503 e. The number of pyridine rings is 1. The van der Waals surface area contributed by atoms with E-state index in [1.165, 1.54) is 10.8 Å². The highest BCUT2D eigenvalue weighted by molar-refractivity contribution is 5.99. The molecular formula is C21H18F3N3O4. The van der Waals surface area contributed by atoms with E-state index in [1.54, 1.807) is 11.9 Å². The molecule has 162 valence electrons. The number of carbonyl (C=O) groups is 2. The van der Waals surface area contributed by atoms with Crippen LogP contribution in [0.2, 0.25) is 0 Å². The molecule has 31 heavy (non-hydrogen) atoms. The van der Waals surface area contributed by atoms with Crippen LogP contribution in [-0.4, -0.2) is 39.5 Å². The van der Waals surface area contributed by atoms with Gasteiger partial charge in [-0.3, -0.25) is 14.4 Å². The van der Waals surface area contributed by atoms with Crippen LogP contribution in [0.3, 0.4) is 0 Å². The molecule has 0 spiro atoms. The zero-order valence-electron chi connectivity index (χ0n) is 16.4. The highest BCUT2D eigenvalue weighted by Crippen LogP contribution is 2.59. The Balaban J connectivity index is 1.49. The number of aromatic hydroxyl groups is 1. The minimum absolute atomic E-state index is 0.0785. The van der Waals surface area contributed by atoms with Gasteiger partial charge in [-0.25, -0.2) is 13.2 Å². The van der Waals surface area contributed by atoms with E-state index in [-0.39, 0.29) is 17.8 Å². The second-order valence-corrected chi connectivity index (χ2v) is 8.38. The van der Waals surface area contributed by atoms with E-state index in [1.807, 2.05) is 0 Å². The van der Waals surface area contributed by atoms with Gasteiger partial charge >= 0.3 is 0 Å². The summed E-state index contributed by atoms with van der Waals surface area (Å²) in [7, 11) is 1.64. The predicted molar refractivity (Wildman–Crippen MR) is 101 cm³/mol. The number of aromatic nitrogens is 1. The van der Waals surface area contributed by atoms with Crippen LogP contribution in [0.4, 0.5) is 13.2 Å². The molecule has 2 aromatic rings. The van der Waals surface area contributed by atoms with Crippen molar-refractivity contribution >= 4 is 11.8 Å². The second kappa shape index (κ2) is 6.60. The maximum atomic E-state index is 13.8. The van der Waals surface area contributed by atoms with Crippen LogP contribution in [0.15, 0.2) is 23.1 Å². The number of hydrogen-bond acceptors (Lipinski definition) is 4. The Morgan fingerprint density at radius 1 is 1.19 bits per heavy atom. The van der Waals surface area contributed by atoms with Gasteiger partial charge in [0.2, 0.25) is 5.43 Å². The van der Waals surface area contributed by atoms with Gasteiger partial charge in [0.05, 0.1) is 12.1 Å². The van der Waals surface area contributed by atoms with Crippen LogP contribution < -0.4 is 10.7 Å². The lowest BCUT2D eigenvalue weighted by Crippen LogP contribution is -2.49. The van der Waals surface area contributed by atoms with Crippen LogP contribution in [-0.2, 0) is 6.54 Å². The topological polar surface area (TPSA) is 91.6 Å². The molecule has 0 radical (unpaired) electrons. The molecule has 2 fully saturated rings. The van der Waals surface area contributed by atoms with Crippen molar-refractivity contribution in [2.75, 3.05) is 7.05 Å². The number of fused-ring (bicyclic) bond motifs is 5. The summed E-state index contributed by atoms with van der Waals surface area (Å²) >= 11 is 0. The summed E-state index contributed by atoms with van der Waals surface area (Å²) in [5.74, 6) is -4.93. The van der Waals surface area contributed by atoms with Gasteiger partial charge in [-0.05, 0) is 24.7 Å². The number of rotatable bonds is 3. The zero-order chi connectivity index (χ0) is 22.2. The first-order chi connectivity index (χ1) is 14.7. The fraction of sp³-hybridized carbons (Fsp3) is 0.381. The molecule has 2 amide bonds. The van der Waals surface area contributed by atoms with E-state index < -0.39 is 58.1 Å². The number of benzene rings is 1. The Hall–Kier alpha value is -3.30. The number of hydrogen-bond donors (Lipinski definition) is 2. The molecular weight excluding hydrogens is 415 g/mol. The SMILES string of the molecule is CN1C(=O)c2c(O)c(=O)c(C(=O)NCc3c(F)cc(F)cc3F)cn2[C@H]2C[C@@H]3C[C@@H]3C21. The van der Waals surface area contributed by atoms with Gasteiger partial charge in [-0.1, -0.05) is 0 Å². The summed E-state index contributed by atoms with van der Waals surface area (Å²) in [6, 6.07) is 0.715. The fourth-order valence-electron chi connectivity index (χ4n) is 5.08. The Bertz CT molecular complexity index is 1190. The molecule has 0 saturated heterocycles. The van der Waals surface area contributed by atoms with Gasteiger partial charge in [0, 0.05) is 37.5 Å². The minimum atomic E-state index is -1.18. The van der Waals surface area contributed by atoms with Gasteiger partial charge in [0.25, 0.3) is 11.8 Å². The smallest absolute Gasteiger partial charge is 0.274 e. The van der Waals surface area contributed by atoms with Crippen molar-refractivity contribution in [3.05, 3.63) is 62.8 Å². The Kier molecular flexibility index (Phi) is 4.18. The molecule has 2 heterocycles. The van der Waals surface area contributed by atoms with Crippen LogP contribution in [0.1, 0.15) is 45.3 Å². The lowest BCUT2D eigenvalue weighted by molar-refractivity contribution is 0.0581. The van der Waals surface area contributed by atoms with Gasteiger partial charge in [-0.2, -0.15) is 0 Å². The van der Waals surface area contributed by atoms with E-state index in [2.05, 4.69) is 5.32 Å². The van der Waals surface area contributed by atoms with Gasteiger partial charge in [0.1, 0.15) is 23.0 Å². The molecule has 10 heteroatoms. The van der Waals surface area contributed by atoms with Crippen molar-refractivity contribution < 1.29 is 27.9 Å². The first-order valence-electron chi connectivity index (χ1n) is 9.86. The van der Waals surface area contributed by atoms with Crippen molar-refractivity contribution in [1.29, 1.82) is 0 Å². The highest BCUT2D eigenvalue weighted by Gasteiger charge is 2.58. The van der Waals surface area contributed by atoms with Crippen molar-refractivity contribution in [3.8, 4) is 5.75 Å². The summed E-state index contributed by atoms with van der Waals surface area (Å²) in [6.07, 6.45) is 3.01. The third-order valence-electron chi connectivity index (χ3n) is 6.67. The summed E-state index contributed by atoms with van der Waals surface area (Å²) in [6.45, 7) is -0.628. The molecule has 0 bridgehead atoms. The van der Waals surface area contributed by atoms with Crippen LogP contribution in [0.25, 0.3) is 0 Å². The molecule has 2 aliphatic carbocycles. The number of likely N-dealkylation sites (N-methyl/N-ethyl adjacent to an activating group) is 1. The van der Waals surface area contributed by atoms with Gasteiger partial charge < -0.3 is 19.9 Å². The first-order valence-corrected chi connectivity index (χ1v) is 9.86. The first kappa shape index (κ1) is 19.7. The van der Waals surface area contributed by atoms with E-state index in [9.17, 15) is 32.7 Å². The quantitative estimate of drug-likeness (QED) is 0.774. The molecule has 5 rings (SSSR count). The Morgan fingerprint density at radius 3 is 2.55 bits per heavy atom. The molecule has 1 unspecified atom stereocenters. The number of halogens is 3. The predicted octanol–water partition coefficient (Wildman–Crippen LogP) is 1.94. The number of amides is 2. The summed E-state index contributed by atoms with van der Waals surface area (Å²) in [4.78, 5) is 39.6. The molecule has 2 N–H and O–H groups in total. The summed E-state index contributed by atoms with van der Waals surface area (Å²) in [5, 5.41) is 12.7. The number of nitrogens with one attached hydrogen (secondary N) is 1. The van der Waals surface area contributed by atoms with Crippen molar-refractivity contribution in [1.82, 2.24) is 14.8 Å². The maximum absolute atomic E-state index is 13.8. The molecule has 4 atom stereocenters. The standard InChI is InChI=1S/C21H18F3N3O4/c1-26-16-10-2-8(10)3-15(16)27-7-12(18(28)19(29)17(27)21(26)31)20(30)25-6-11-13(23)4-9(22)5-14(11)24/h4-5,7-8,10,15-16,29H,2-3,6H2,1H3,(H,25,30)/t8-,10-,15-,16?/m0/s1. The lowest BCUT2D eigenvalue weighted by Gasteiger charge is -2.39. The Morgan fingerprint density at radius 2 is 1.87 bits per heavy atom. The highest BCUT2D eigenvalue weighted by atomic mass is 19.1. The number of nitrogens with zero attached hydrogens (tertiary/aromatic N) is 2. The van der Waals surface area contributed by atoms with Crippen LogP contribution in [0, 0.1) is 29.3 Å². The van der Waals surface area contributed by atoms with Crippen molar-refractivity contribution in [2.45, 2.75) is 31.5 Å². The molecule has 1 aromatic heterocycles. The lowest BCUT2D eigenvalue weighted by atomic mass is 9.99. The third kappa shape index (κ3) is 2.84. The molecule has 1 aliphatic heterocycles. The van der Waals surface area contributed by atoms with Crippen LogP contribution >= 0.6 is 0 Å². The number of carbonyl (C=O) groups excluding carboxylic acids is 2. The average Bonchev–Trinajstić information content (AvgIpc) is 3.36. The molecule has 2 saturated carbocycles. The summed E-state index contributed by atoms with van der Waals surface area (Å²) < 4.78 is 42.2. The van der Waals surface area contributed by atoms with E-state index >= 15 is 0 Å². The Labute approximate surface area is 174 Å². The third-order valence-corrected chi connectivity index (χ3v) is 6.67. The molecule has 1 aromatic carbocycles.